The monoisotopic (exact) mass is 404 g/mol. The summed E-state index contributed by atoms with van der Waals surface area (Å²) >= 11 is 7.47. The molecule has 3 rings (SSSR count). The highest BCUT2D eigenvalue weighted by molar-refractivity contribution is 7.22. The topological polar surface area (TPSA) is 46.9 Å². The van der Waals surface area contributed by atoms with E-state index in [1.807, 2.05) is 25.1 Å². The lowest BCUT2D eigenvalue weighted by atomic mass is 10.2. The first-order chi connectivity index (χ1) is 13.0. The fourth-order valence-corrected chi connectivity index (χ4v) is 3.80. The Bertz CT molecular complexity index is 925. The number of carbonyl (C=O) groups excluding carboxylic acids is 1. The lowest BCUT2D eigenvalue weighted by Crippen LogP contribution is -3.06. The van der Waals surface area contributed by atoms with Gasteiger partial charge in [0.25, 0.3) is 5.91 Å². The zero-order valence-corrected chi connectivity index (χ0v) is 17.2. The van der Waals surface area contributed by atoms with E-state index in [-0.39, 0.29) is 5.91 Å². The van der Waals surface area contributed by atoms with Gasteiger partial charge in [-0.3, -0.25) is 9.69 Å². The minimum atomic E-state index is -0.0788. The number of anilines is 1. The molecule has 1 aromatic heterocycles. The molecule has 5 nitrogen and oxygen atoms in total. The van der Waals surface area contributed by atoms with Crippen molar-refractivity contribution in [1.29, 1.82) is 0 Å². The number of quaternary nitrogens is 1. The fourth-order valence-electron chi connectivity index (χ4n) is 2.67. The standard InChI is InChI=1S/C20H22ClN3O2S/c1-4-26-16-6-5-7-17-18(16)22-20(27-17)24(13-12-23(2)3)19(25)14-8-10-15(21)11-9-14/h5-11H,4,12-13H2,1-3H3/p+1. The second-order valence-electron chi connectivity index (χ2n) is 6.45. The summed E-state index contributed by atoms with van der Waals surface area (Å²) in [7, 11) is 4.13. The predicted octanol–water partition coefficient (Wildman–Crippen LogP) is 3.14. The van der Waals surface area contributed by atoms with Crippen molar-refractivity contribution in [3.8, 4) is 5.75 Å². The Morgan fingerprint density at radius 2 is 1.96 bits per heavy atom. The van der Waals surface area contributed by atoms with E-state index in [1.165, 1.54) is 16.2 Å². The first-order valence-electron chi connectivity index (χ1n) is 8.88. The van der Waals surface area contributed by atoms with Crippen LogP contribution in [0.3, 0.4) is 0 Å². The molecule has 0 saturated heterocycles. The average Bonchev–Trinajstić information content (AvgIpc) is 3.07. The summed E-state index contributed by atoms with van der Waals surface area (Å²) in [5.74, 6) is 0.666. The first-order valence-corrected chi connectivity index (χ1v) is 10.1. The van der Waals surface area contributed by atoms with Crippen LogP contribution in [-0.2, 0) is 0 Å². The molecule has 3 aromatic rings. The Morgan fingerprint density at radius 1 is 1.22 bits per heavy atom. The van der Waals surface area contributed by atoms with E-state index in [0.29, 0.717) is 28.9 Å². The summed E-state index contributed by atoms with van der Waals surface area (Å²) < 4.78 is 6.69. The van der Waals surface area contributed by atoms with Gasteiger partial charge >= 0.3 is 0 Å². The number of para-hydroxylation sites is 1. The number of ether oxygens (including phenoxy) is 1. The number of nitrogens with zero attached hydrogens (tertiary/aromatic N) is 2. The Morgan fingerprint density at radius 3 is 2.63 bits per heavy atom. The molecule has 1 amide bonds. The zero-order chi connectivity index (χ0) is 19.4. The van der Waals surface area contributed by atoms with Crippen LogP contribution in [0.5, 0.6) is 5.75 Å². The number of thiazole rings is 1. The molecule has 1 heterocycles. The molecule has 2 aromatic carbocycles. The third-order valence-electron chi connectivity index (χ3n) is 4.07. The number of hydrogen-bond acceptors (Lipinski definition) is 4. The second kappa shape index (κ2) is 8.69. The molecular formula is C20H23ClN3O2S+. The maximum absolute atomic E-state index is 13.2. The van der Waals surface area contributed by atoms with Crippen LogP contribution in [0.4, 0.5) is 5.13 Å². The summed E-state index contributed by atoms with van der Waals surface area (Å²) in [6, 6.07) is 12.8. The van der Waals surface area contributed by atoms with Crippen LogP contribution < -0.4 is 14.5 Å². The van der Waals surface area contributed by atoms with Gasteiger partial charge in [0.15, 0.2) is 5.13 Å². The first kappa shape index (κ1) is 19.6. The maximum atomic E-state index is 13.2. The van der Waals surface area contributed by atoms with Gasteiger partial charge in [0.05, 0.1) is 38.5 Å². The van der Waals surface area contributed by atoms with Crippen molar-refractivity contribution < 1.29 is 14.4 Å². The van der Waals surface area contributed by atoms with E-state index < -0.39 is 0 Å². The summed E-state index contributed by atoms with van der Waals surface area (Å²) in [6.07, 6.45) is 0. The van der Waals surface area contributed by atoms with Crippen molar-refractivity contribution >= 4 is 44.2 Å². The highest BCUT2D eigenvalue weighted by Crippen LogP contribution is 2.34. The summed E-state index contributed by atoms with van der Waals surface area (Å²) in [5.41, 5.74) is 1.39. The molecule has 142 valence electrons. The van der Waals surface area contributed by atoms with E-state index in [9.17, 15) is 4.79 Å². The van der Waals surface area contributed by atoms with E-state index in [1.54, 1.807) is 29.2 Å². The highest BCUT2D eigenvalue weighted by Gasteiger charge is 2.23. The van der Waals surface area contributed by atoms with Crippen LogP contribution >= 0.6 is 22.9 Å². The van der Waals surface area contributed by atoms with Crippen LogP contribution in [0.2, 0.25) is 5.02 Å². The second-order valence-corrected chi connectivity index (χ2v) is 7.90. The van der Waals surface area contributed by atoms with E-state index in [4.69, 9.17) is 21.3 Å². The maximum Gasteiger partial charge on any atom is 0.260 e. The summed E-state index contributed by atoms with van der Waals surface area (Å²) in [6.45, 7) is 3.91. The van der Waals surface area contributed by atoms with Gasteiger partial charge in [-0.05, 0) is 43.3 Å². The molecular weight excluding hydrogens is 382 g/mol. The van der Waals surface area contributed by atoms with Crippen molar-refractivity contribution in [3.05, 3.63) is 53.1 Å². The largest absolute Gasteiger partial charge is 0.492 e. The molecule has 1 N–H and O–H groups in total. The number of halogens is 1. The number of likely N-dealkylation sites (N-methyl/N-ethyl adjacent to an activating group) is 1. The molecule has 0 fully saturated rings. The molecule has 0 atom stereocenters. The molecule has 0 unspecified atom stereocenters. The minimum Gasteiger partial charge on any atom is -0.492 e. The quantitative estimate of drug-likeness (QED) is 0.658. The SMILES string of the molecule is CCOc1cccc2sc(N(CC[NH+](C)C)C(=O)c3ccc(Cl)cc3)nc12. The van der Waals surface area contributed by atoms with Crippen LogP contribution in [-0.4, -0.2) is 44.7 Å². The van der Waals surface area contributed by atoms with Gasteiger partial charge in [-0.25, -0.2) is 4.98 Å². The van der Waals surface area contributed by atoms with Crippen molar-refractivity contribution in [1.82, 2.24) is 4.98 Å². The lowest BCUT2D eigenvalue weighted by Gasteiger charge is -2.20. The van der Waals surface area contributed by atoms with Gasteiger partial charge in [-0.1, -0.05) is 29.0 Å². The average molecular weight is 405 g/mol. The molecule has 0 spiro atoms. The van der Waals surface area contributed by atoms with Crippen molar-refractivity contribution in [2.24, 2.45) is 0 Å². The van der Waals surface area contributed by atoms with Gasteiger partial charge in [0, 0.05) is 10.6 Å². The number of nitrogens with one attached hydrogen (secondary N) is 1. The molecule has 0 aliphatic rings. The third-order valence-corrected chi connectivity index (χ3v) is 5.37. The summed E-state index contributed by atoms with van der Waals surface area (Å²) in [4.78, 5) is 20.9. The van der Waals surface area contributed by atoms with Gasteiger partial charge in [0.2, 0.25) is 0 Å². The molecule has 0 radical (unpaired) electrons. The Labute approximate surface area is 168 Å². The number of hydrogen-bond donors (Lipinski definition) is 1. The highest BCUT2D eigenvalue weighted by atomic mass is 35.5. The number of amides is 1. The summed E-state index contributed by atoms with van der Waals surface area (Å²) in [5, 5.41) is 1.29. The van der Waals surface area contributed by atoms with Crippen LogP contribution in [0.25, 0.3) is 10.2 Å². The molecule has 0 aliphatic heterocycles. The minimum absolute atomic E-state index is 0.0788. The zero-order valence-electron chi connectivity index (χ0n) is 15.7. The molecule has 7 heteroatoms. The number of carbonyl (C=O) groups is 1. The Balaban J connectivity index is 1.99. The molecule has 0 bridgehead atoms. The van der Waals surface area contributed by atoms with E-state index >= 15 is 0 Å². The van der Waals surface area contributed by atoms with E-state index in [0.717, 1.165) is 22.5 Å². The Kier molecular flexibility index (Phi) is 6.31. The van der Waals surface area contributed by atoms with Crippen molar-refractivity contribution in [2.75, 3.05) is 38.7 Å². The third kappa shape index (κ3) is 4.58. The predicted molar refractivity (Wildman–Crippen MR) is 112 cm³/mol. The smallest absolute Gasteiger partial charge is 0.260 e. The lowest BCUT2D eigenvalue weighted by molar-refractivity contribution is -0.856. The number of aromatic nitrogens is 1. The molecule has 0 saturated carbocycles. The van der Waals surface area contributed by atoms with E-state index in [2.05, 4.69) is 14.1 Å². The van der Waals surface area contributed by atoms with Gasteiger partial charge < -0.3 is 9.64 Å². The number of benzene rings is 2. The number of fused-ring (bicyclic) bond motifs is 1. The van der Waals surface area contributed by atoms with Gasteiger partial charge in [0.1, 0.15) is 11.3 Å². The van der Waals surface area contributed by atoms with Crippen LogP contribution in [0.1, 0.15) is 17.3 Å². The van der Waals surface area contributed by atoms with Crippen LogP contribution in [0.15, 0.2) is 42.5 Å². The van der Waals surface area contributed by atoms with Gasteiger partial charge in [-0.15, -0.1) is 0 Å². The van der Waals surface area contributed by atoms with Crippen LogP contribution in [0, 0.1) is 0 Å². The number of rotatable bonds is 7. The molecule has 27 heavy (non-hydrogen) atoms. The van der Waals surface area contributed by atoms with Gasteiger partial charge in [-0.2, -0.15) is 0 Å². The van der Waals surface area contributed by atoms with Crippen molar-refractivity contribution in [2.45, 2.75) is 6.92 Å². The van der Waals surface area contributed by atoms with Crippen molar-refractivity contribution in [3.63, 3.8) is 0 Å². The Hall–Kier alpha value is -2.15. The normalized spacial score (nSPS) is 11.1. The fraction of sp³-hybridized carbons (Fsp3) is 0.300. The molecule has 0 aliphatic carbocycles.